The Hall–Kier alpha value is -7.15. The molecule has 0 nitrogen and oxygen atoms in total. The van der Waals surface area contributed by atoms with E-state index in [2.05, 4.69) is 194 Å². The van der Waals surface area contributed by atoms with Crippen LogP contribution in [0.5, 0.6) is 0 Å². The maximum Gasteiger partial charge on any atom is 0.244 e. The fourth-order valence-electron chi connectivity index (χ4n) is 11.6. The van der Waals surface area contributed by atoms with E-state index in [1.165, 1.54) is 130 Å². The fraction of sp³-hybridized carbons (Fsp3) is 0. The lowest BCUT2D eigenvalue weighted by atomic mass is 9.32. The summed E-state index contributed by atoms with van der Waals surface area (Å²) in [6.45, 7) is 0.151. The van der Waals surface area contributed by atoms with Crippen molar-refractivity contribution in [2.75, 3.05) is 0 Å². The third-order valence-electron chi connectivity index (χ3n) is 13.9. The highest BCUT2D eigenvalue weighted by Gasteiger charge is 2.38. The maximum atomic E-state index is 2.53. The highest BCUT2D eigenvalue weighted by Crippen LogP contribution is 2.46. The molecule has 0 N–H and O–H groups in total. The highest BCUT2D eigenvalue weighted by molar-refractivity contribution is 7.02. The van der Waals surface area contributed by atoms with Crippen LogP contribution < -0.4 is 32.8 Å². The van der Waals surface area contributed by atoms with Crippen LogP contribution in [0.1, 0.15) is 0 Å². The van der Waals surface area contributed by atoms with Crippen LogP contribution in [0.3, 0.4) is 0 Å². The van der Waals surface area contributed by atoms with Crippen LogP contribution in [-0.4, -0.2) is 13.4 Å². The predicted octanol–water partition coefficient (Wildman–Crippen LogP) is 10.2. The van der Waals surface area contributed by atoms with E-state index in [0.29, 0.717) is 0 Å². The van der Waals surface area contributed by atoms with Crippen molar-refractivity contribution in [1.82, 2.24) is 0 Å². The SMILES string of the molecule is c1ccc2c(B3c4c(ccc5ccccc45)-c4cc5ccc6c7c(cc8ccc3c4c8c57)-c3ccc4ccccc4c3B6c3cccc4ccccc34)cccc2c1. The average molecular weight is 726 g/mol. The Morgan fingerprint density at radius 2 is 0.586 bits per heavy atom. The van der Waals surface area contributed by atoms with Crippen LogP contribution in [0.2, 0.25) is 0 Å². The van der Waals surface area contributed by atoms with Gasteiger partial charge in [-0.25, -0.2) is 0 Å². The van der Waals surface area contributed by atoms with Gasteiger partial charge in [0.15, 0.2) is 0 Å². The summed E-state index contributed by atoms with van der Waals surface area (Å²) in [5.41, 5.74) is 13.8. The Morgan fingerprint density at radius 3 is 1.03 bits per heavy atom. The van der Waals surface area contributed by atoms with Crippen LogP contribution in [-0.2, 0) is 0 Å². The lowest BCUT2D eigenvalue weighted by Crippen LogP contribution is -2.55. The highest BCUT2D eigenvalue weighted by atomic mass is 14.3. The van der Waals surface area contributed by atoms with Crippen molar-refractivity contribution >= 4 is 122 Å². The molecular weight excluding hydrogens is 694 g/mol. The summed E-state index contributed by atoms with van der Waals surface area (Å²) in [5.74, 6) is 0. The minimum absolute atomic E-state index is 0.0756. The number of benzene rings is 12. The second kappa shape index (κ2) is 11.2. The van der Waals surface area contributed by atoms with Gasteiger partial charge in [0.25, 0.3) is 0 Å². The van der Waals surface area contributed by atoms with Crippen LogP contribution in [0.15, 0.2) is 194 Å². The summed E-state index contributed by atoms with van der Waals surface area (Å²) in [6, 6.07) is 74.1. The van der Waals surface area contributed by atoms with E-state index in [-0.39, 0.29) is 13.4 Å². The zero-order valence-corrected chi connectivity index (χ0v) is 31.6. The molecule has 2 aliphatic rings. The minimum atomic E-state index is 0.0756. The van der Waals surface area contributed by atoms with Gasteiger partial charge in [0.05, 0.1) is 0 Å². The van der Waals surface area contributed by atoms with Crippen molar-refractivity contribution in [2.45, 2.75) is 0 Å². The Kier molecular flexibility index (Phi) is 6.01. The zero-order chi connectivity index (χ0) is 37.6. The summed E-state index contributed by atoms with van der Waals surface area (Å²) in [4.78, 5) is 0. The van der Waals surface area contributed by atoms with Crippen molar-refractivity contribution in [1.29, 1.82) is 0 Å². The predicted molar refractivity (Wildman–Crippen MR) is 253 cm³/mol. The Morgan fingerprint density at radius 1 is 0.224 bits per heavy atom. The second-order valence-electron chi connectivity index (χ2n) is 16.6. The van der Waals surface area contributed by atoms with Crippen molar-refractivity contribution in [3.05, 3.63) is 194 Å². The van der Waals surface area contributed by atoms with Gasteiger partial charge in [0.1, 0.15) is 0 Å². The summed E-state index contributed by atoms with van der Waals surface area (Å²) >= 11 is 0. The van der Waals surface area contributed by atoms with E-state index in [9.17, 15) is 0 Å². The number of hydrogen-bond donors (Lipinski definition) is 0. The molecule has 2 heterocycles. The van der Waals surface area contributed by atoms with Gasteiger partial charge in [-0.05, 0) is 110 Å². The van der Waals surface area contributed by atoms with Crippen LogP contribution in [0, 0.1) is 0 Å². The molecule has 2 heteroatoms. The van der Waals surface area contributed by atoms with Gasteiger partial charge in [0, 0.05) is 0 Å². The van der Waals surface area contributed by atoms with Crippen molar-refractivity contribution in [3.63, 3.8) is 0 Å². The largest absolute Gasteiger partial charge is 0.244 e. The van der Waals surface area contributed by atoms with Crippen molar-refractivity contribution in [3.8, 4) is 22.3 Å². The van der Waals surface area contributed by atoms with Crippen LogP contribution >= 0.6 is 0 Å². The molecule has 2 aliphatic heterocycles. The smallest absolute Gasteiger partial charge is 0.0663 e. The third-order valence-corrected chi connectivity index (χ3v) is 13.9. The molecule has 0 unspecified atom stereocenters. The molecule has 0 spiro atoms. The Bertz CT molecular complexity index is 3510. The number of hydrogen-bond acceptors (Lipinski definition) is 0. The molecule has 0 fully saturated rings. The zero-order valence-electron chi connectivity index (χ0n) is 31.6. The van der Waals surface area contributed by atoms with Gasteiger partial charge in [-0.2, -0.15) is 0 Å². The molecule has 12 aromatic carbocycles. The standard InChI is InChI=1S/C56H32B2/c1-5-17-39-33(11-1)15-9-21-47(39)57-49-29-25-37-32-46-44-28-24-36-14-4-8-20-42(36)56(44)58(48-22-10-16-34-12-2-6-18-40(34)48)50-30-26-38-31-45(53(49)51(37)52(38)54(46)50)43-27-23-35-13-3-7-19-41(35)55(43)57/h1-32H. The molecule has 14 rings (SSSR count). The summed E-state index contributed by atoms with van der Waals surface area (Å²) in [5, 5.41) is 18.7. The first-order valence-corrected chi connectivity index (χ1v) is 20.6. The molecule has 0 bridgehead atoms. The average Bonchev–Trinajstić information content (AvgIpc) is 3.29. The van der Waals surface area contributed by atoms with E-state index < -0.39 is 0 Å². The molecule has 0 atom stereocenters. The third kappa shape index (κ3) is 3.92. The molecule has 58 heavy (non-hydrogen) atoms. The van der Waals surface area contributed by atoms with Crippen LogP contribution in [0.4, 0.5) is 0 Å². The van der Waals surface area contributed by atoms with E-state index in [4.69, 9.17) is 0 Å². The molecule has 0 radical (unpaired) electrons. The molecule has 0 amide bonds. The minimum Gasteiger partial charge on any atom is -0.0663 e. The number of rotatable bonds is 2. The monoisotopic (exact) mass is 726 g/mol. The topological polar surface area (TPSA) is 0 Å². The quantitative estimate of drug-likeness (QED) is 0.123. The maximum absolute atomic E-state index is 2.53. The lowest BCUT2D eigenvalue weighted by molar-refractivity contribution is 1.69. The fourth-order valence-corrected chi connectivity index (χ4v) is 11.6. The van der Waals surface area contributed by atoms with Gasteiger partial charge >= 0.3 is 0 Å². The van der Waals surface area contributed by atoms with Crippen LogP contribution in [0.25, 0.3) is 97.7 Å². The van der Waals surface area contributed by atoms with Gasteiger partial charge in [-0.15, -0.1) is 0 Å². The van der Waals surface area contributed by atoms with E-state index in [0.717, 1.165) is 0 Å². The van der Waals surface area contributed by atoms with Crippen molar-refractivity contribution in [2.24, 2.45) is 0 Å². The molecule has 0 aliphatic carbocycles. The van der Waals surface area contributed by atoms with Gasteiger partial charge in [-0.1, -0.05) is 215 Å². The van der Waals surface area contributed by atoms with E-state index >= 15 is 0 Å². The van der Waals surface area contributed by atoms with Gasteiger partial charge in [0.2, 0.25) is 13.4 Å². The molecule has 0 saturated carbocycles. The van der Waals surface area contributed by atoms with E-state index in [1.807, 2.05) is 0 Å². The normalized spacial score (nSPS) is 13.1. The molecular formula is C56H32B2. The van der Waals surface area contributed by atoms with Crippen molar-refractivity contribution < 1.29 is 0 Å². The molecule has 12 aromatic rings. The Labute approximate surface area is 336 Å². The van der Waals surface area contributed by atoms with Gasteiger partial charge in [-0.3, -0.25) is 0 Å². The first-order chi connectivity index (χ1) is 28.8. The first-order valence-electron chi connectivity index (χ1n) is 20.6. The molecule has 0 aromatic heterocycles. The first kappa shape index (κ1) is 31.0. The number of fused-ring (bicyclic) bond motifs is 10. The summed E-state index contributed by atoms with van der Waals surface area (Å²) in [7, 11) is 0. The van der Waals surface area contributed by atoms with E-state index in [1.54, 1.807) is 0 Å². The lowest BCUT2D eigenvalue weighted by Gasteiger charge is -2.33. The molecule has 262 valence electrons. The van der Waals surface area contributed by atoms with Gasteiger partial charge < -0.3 is 0 Å². The second-order valence-corrected chi connectivity index (χ2v) is 16.6. The molecule has 0 saturated heterocycles. The summed E-state index contributed by atoms with van der Waals surface area (Å²) < 4.78 is 0. The summed E-state index contributed by atoms with van der Waals surface area (Å²) in [6.07, 6.45) is 0. The Balaban J connectivity index is 1.16.